The summed E-state index contributed by atoms with van der Waals surface area (Å²) >= 11 is 0. The summed E-state index contributed by atoms with van der Waals surface area (Å²) in [6.07, 6.45) is 1.95. The summed E-state index contributed by atoms with van der Waals surface area (Å²) in [5.74, 6) is 0.487. The van der Waals surface area contributed by atoms with E-state index in [1.165, 1.54) is 0 Å². The number of carbonyl (C=O) groups excluding carboxylic acids is 1. The number of allylic oxidation sites excluding steroid dienone is 1. The molecule has 0 aliphatic rings. The number of benzene rings is 1. The highest BCUT2D eigenvalue weighted by Gasteiger charge is 2.03. The van der Waals surface area contributed by atoms with Crippen LogP contribution < -0.4 is 4.74 Å². The summed E-state index contributed by atoms with van der Waals surface area (Å²) in [5, 5.41) is 0. The van der Waals surface area contributed by atoms with Crippen molar-refractivity contribution in [1.29, 1.82) is 0 Å². The van der Waals surface area contributed by atoms with Crippen LogP contribution in [0.3, 0.4) is 0 Å². The van der Waals surface area contributed by atoms with Crippen molar-refractivity contribution in [2.45, 2.75) is 13.3 Å². The third-order valence-electron chi connectivity index (χ3n) is 1.77. The Balaban J connectivity index is 2.56. The number of hydrogen-bond acceptors (Lipinski definition) is 3. The third kappa shape index (κ3) is 3.85. The van der Waals surface area contributed by atoms with Gasteiger partial charge in [-0.15, -0.1) is 6.58 Å². The van der Waals surface area contributed by atoms with Crippen LogP contribution in [0.15, 0.2) is 36.9 Å². The topological polar surface area (TPSA) is 35.5 Å². The minimum absolute atomic E-state index is 0.313. The summed E-state index contributed by atoms with van der Waals surface area (Å²) in [6.45, 7) is 5.69. The molecule has 1 aromatic rings. The number of rotatable bonds is 4. The Morgan fingerprint density at radius 1 is 1.40 bits per heavy atom. The van der Waals surface area contributed by atoms with Crippen LogP contribution in [0.4, 0.5) is 4.79 Å². The normalized spacial score (nSPS) is 9.40. The van der Waals surface area contributed by atoms with Crippen LogP contribution in [0.2, 0.25) is 0 Å². The Labute approximate surface area is 89.3 Å². The maximum Gasteiger partial charge on any atom is 0.513 e. The fourth-order valence-corrected chi connectivity index (χ4v) is 1.10. The second-order valence-electron chi connectivity index (χ2n) is 2.92. The molecule has 0 saturated heterocycles. The molecule has 0 atom stereocenters. The first-order valence-electron chi connectivity index (χ1n) is 4.80. The van der Waals surface area contributed by atoms with Gasteiger partial charge in [-0.1, -0.05) is 18.2 Å². The van der Waals surface area contributed by atoms with Crippen molar-refractivity contribution >= 4 is 6.16 Å². The van der Waals surface area contributed by atoms with Gasteiger partial charge in [0.15, 0.2) is 0 Å². The lowest BCUT2D eigenvalue weighted by Gasteiger charge is -2.04. The van der Waals surface area contributed by atoms with Gasteiger partial charge in [-0.25, -0.2) is 4.79 Å². The molecule has 1 rings (SSSR count). The first kappa shape index (κ1) is 11.3. The van der Waals surface area contributed by atoms with Gasteiger partial charge in [0.25, 0.3) is 0 Å². The monoisotopic (exact) mass is 206 g/mol. The Kier molecular flexibility index (Phi) is 4.41. The predicted octanol–water partition coefficient (Wildman–Crippen LogP) is 2.95. The van der Waals surface area contributed by atoms with Crippen molar-refractivity contribution < 1.29 is 14.3 Å². The minimum Gasteiger partial charge on any atom is -0.434 e. The van der Waals surface area contributed by atoms with E-state index < -0.39 is 6.16 Å². The first-order valence-corrected chi connectivity index (χ1v) is 4.80. The molecule has 0 N–H and O–H groups in total. The van der Waals surface area contributed by atoms with Crippen molar-refractivity contribution in [3.63, 3.8) is 0 Å². The number of hydrogen-bond donors (Lipinski definition) is 0. The summed E-state index contributed by atoms with van der Waals surface area (Å²) in [5.41, 5.74) is 1.13. The zero-order valence-corrected chi connectivity index (χ0v) is 8.73. The van der Waals surface area contributed by atoms with E-state index in [2.05, 4.69) is 11.3 Å². The molecular weight excluding hydrogens is 192 g/mol. The lowest BCUT2D eigenvalue weighted by Crippen LogP contribution is -2.09. The smallest absolute Gasteiger partial charge is 0.434 e. The van der Waals surface area contributed by atoms with Gasteiger partial charge in [0.05, 0.1) is 6.61 Å². The largest absolute Gasteiger partial charge is 0.513 e. The first-order chi connectivity index (χ1) is 7.26. The highest BCUT2D eigenvalue weighted by molar-refractivity contribution is 5.63. The molecule has 3 nitrogen and oxygen atoms in total. The quantitative estimate of drug-likeness (QED) is 0.431. The van der Waals surface area contributed by atoms with Crippen LogP contribution in [0.25, 0.3) is 0 Å². The molecule has 1 aromatic carbocycles. The minimum atomic E-state index is -0.672. The van der Waals surface area contributed by atoms with E-state index in [9.17, 15) is 4.79 Å². The van der Waals surface area contributed by atoms with E-state index in [-0.39, 0.29) is 0 Å². The van der Waals surface area contributed by atoms with E-state index in [0.29, 0.717) is 12.4 Å². The average Bonchev–Trinajstić information content (AvgIpc) is 2.22. The highest BCUT2D eigenvalue weighted by Crippen LogP contribution is 2.13. The average molecular weight is 206 g/mol. The Bertz CT molecular complexity index is 327. The fourth-order valence-electron chi connectivity index (χ4n) is 1.10. The van der Waals surface area contributed by atoms with Gasteiger partial charge >= 0.3 is 6.16 Å². The van der Waals surface area contributed by atoms with Crippen LogP contribution in [0.1, 0.15) is 12.5 Å². The summed E-state index contributed by atoms with van der Waals surface area (Å²) < 4.78 is 9.55. The van der Waals surface area contributed by atoms with Gasteiger partial charge in [0.2, 0.25) is 0 Å². The molecule has 0 amide bonds. The van der Waals surface area contributed by atoms with E-state index in [0.717, 1.165) is 12.0 Å². The van der Waals surface area contributed by atoms with E-state index in [4.69, 9.17) is 4.74 Å². The second kappa shape index (κ2) is 5.86. The standard InChI is InChI=1S/C12H14O3/c1-3-5-10-6-8-11(9-7-10)15-12(13)14-4-2/h3,6-9H,1,4-5H2,2H3. The van der Waals surface area contributed by atoms with Gasteiger partial charge in [0, 0.05) is 0 Å². The van der Waals surface area contributed by atoms with Crippen LogP contribution in [0.5, 0.6) is 5.75 Å². The predicted molar refractivity (Wildman–Crippen MR) is 58.0 cm³/mol. The summed E-state index contributed by atoms with van der Waals surface area (Å²) in [4.78, 5) is 11.0. The van der Waals surface area contributed by atoms with E-state index in [1.807, 2.05) is 18.2 Å². The summed E-state index contributed by atoms with van der Waals surface area (Å²) in [6, 6.07) is 7.23. The van der Waals surface area contributed by atoms with E-state index >= 15 is 0 Å². The van der Waals surface area contributed by atoms with Crippen molar-refractivity contribution in [3.05, 3.63) is 42.5 Å². The molecule has 0 aliphatic heterocycles. The zero-order valence-electron chi connectivity index (χ0n) is 8.73. The maximum absolute atomic E-state index is 11.0. The number of carbonyl (C=O) groups is 1. The molecule has 80 valence electrons. The fraction of sp³-hybridized carbons (Fsp3) is 0.250. The molecule has 15 heavy (non-hydrogen) atoms. The van der Waals surface area contributed by atoms with Crippen LogP contribution in [-0.4, -0.2) is 12.8 Å². The molecule has 0 spiro atoms. The van der Waals surface area contributed by atoms with Crippen molar-refractivity contribution in [3.8, 4) is 5.75 Å². The highest BCUT2D eigenvalue weighted by atomic mass is 16.7. The molecule has 0 aliphatic carbocycles. The lowest BCUT2D eigenvalue weighted by molar-refractivity contribution is 0.104. The summed E-state index contributed by atoms with van der Waals surface area (Å²) in [7, 11) is 0. The molecule has 0 aromatic heterocycles. The van der Waals surface area contributed by atoms with Crippen LogP contribution in [0, 0.1) is 0 Å². The molecule has 3 heteroatoms. The Hall–Kier alpha value is -1.77. The number of ether oxygens (including phenoxy) is 2. The van der Waals surface area contributed by atoms with E-state index in [1.54, 1.807) is 19.1 Å². The van der Waals surface area contributed by atoms with Gasteiger partial charge in [0.1, 0.15) is 5.75 Å². The Morgan fingerprint density at radius 2 is 2.07 bits per heavy atom. The van der Waals surface area contributed by atoms with Gasteiger partial charge < -0.3 is 9.47 Å². The van der Waals surface area contributed by atoms with Gasteiger partial charge in [-0.3, -0.25) is 0 Å². The third-order valence-corrected chi connectivity index (χ3v) is 1.77. The second-order valence-corrected chi connectivity index (χ2v) is 2.92. The SMILES string of the molecule is C=CCc1ccc(OC(=O)OCC)cc1. The Morgan fingerprint density at radius 3 is 2.60 bits per heavy atom. The van der Waals surface area contributed by atoms with Gasteiger partial charge in [-0.05, 0) is 31.0 Å². The molecule has 0 radical (unpaired) electrons. The molecular formula is C12H14O3. The van der Waals surface area contributed by atoms with Crippen molar-refractivity contribution in [2.75, 3.05) is 6.61 Å². The molecule has 0 bridgehead atoms. The van der Waals surface area contributed by atoms with Crippen molar-refractivity contribution in [2.24, 2.45) is 0 Å². The lowest BCUT2D eigenvalue weighted by atomic mass is 10.1. The van der Waals surface area contributed by atoms with Crippen LogP contribution in [-0.2, 0) is 11.2 Å². The van der Waals surface area contributed by atoms with Gasteiger partial charge in [-0.2, -0.15) is 0 Å². The maximum atomic E-state index is 11.0. The van der Waals surface area contributed by atoms with Crippen molar-refractivity contribution in [1.82, 2.24) is 0 Å². The molecule has 0 saturated carbocycles. The molecule has 0 fully saturated rings. The van der Waals surface area contributed by atoms with Crippen LogP contribution >= 0.6 is 0 Å². The molecule has 0 heterocycles. The zero-order chi connectivity index (χ0) is 11.1. The molecule has 0 unspecified atom stereocenters.